The maximum absolute atomic E-state index is 13.3. The lowest BCUT2D eigenvalue weighted by Crippen LogP contribution is -2.14. The van der Waals surface area contributed by atoms with E-state index in [0.29, 0.717) is 0 Å². The van der Waals surface area contributed by atoms with E-state index < -0.39 is 20.9 Å². The van der Waals surface area contributed by atoms with E-state index in [-0.39, 0.29) is 11.9 Å². The summed E-state index contributed by atoms with van der Waals surface area (Å²) in [6, 6.07) is 0.757. The Balaban J connectivity index is 2.29. The Labute approximate surface area is 86.1 Å². The molecular weight excluding hydrogens is 223 g/mol. The van der Waals surface area contributed by atoms with Gasteiger partial charge >= 0.3 is 0 Å². The summed E-state index contributed by atoms with van der Waals surface area (Å²) in [4.78, 5) is 3.51. The topological polar surface area (TPSA) is 82.3 Å². The molecule has 0 unspecified atom stereocenters. The number of nitrogens with zero attached hydrogens (tertiary/aromatic N) is 1. The first-order valence-electron chi connectivity index (χ1n) is 4.32. The van der Waals surface area contributed by atoms with E-state index in [1.165, 1.54) is 0 Å². The van der Waals surface area contributed by atoms with Gasteiger partial charge in [-0.3, -0.25) is 0 Å². The summed E-state index contributed by atoms with van der Waals surface area (Å²) >= 11 is 0. The lowest BCUT2D eigenvalue weighted by molar-refractivity contribution is 0.285. The molecule has 0 atom stereocenters. The second-order valence-corrected chi connectivity index (χ2v) is 4.82. The zero-order valence-corrected chi connectivity index (χ0v) is 8.50. The highest BCUT2D eigenvalue weighted by Crippen LogP contribution is 2.28. The number of primary sulfonamides is 1. The molecule has 1 aromatic heterocycles. The monoisotopic (exact) mass is 232 g/mol. The zero-order chi connectivity index (χ0) is 11.1. The van der Waals surface area contributed by atoms with Crippen molar-refractivity contribution >= 4 is 10.0 Å². The molecule has 1 aromatic rings. The fourth-order valence-electron chi connectivity index (χ4n) is 1.01. The molecule has 0 spiro atoms. The summed E-state index contributed by atoms with van der Waals surface area (Å²) in [6.45, 7) is 0. The van der Waals surface area contributed by atoms with Gasteiger partial charge in [-0.2, -0.15) is 0 Å². The summed E-state index contributed by atoms with van der Waals surface area (Å²) in [7, 11) is -3.96. The van der Waals surface area contributed by atoms with Crippen LogP contribution in [0.5, 0.6) is 5.75 Å². The fourth-order valence-corrected chi connectivity index (χ4v) is 1.48. The quantitative estimate of drug-likeness (QED) is 0.818. The molecule has 0 saturated heterocycles. The highest BCUT2D eigenvalue weighted by molar-refractivity contribution is 7.89. The maximum atomic E-state index is 13.3. The smallest absolute Gasteiger partial charge is 0.255 e. The average molecular weight is 232 g/mol. The minimum atomic E-state index is -3.96. The number of pyridine rings is 1. The SMILES string of the molecule is NS(=O)(=O)c1cc(F)c(OC2CC2)cn1. The molecule has 0 amide bonds. The third kappa shape index (κ3) is 2.42. The molecule has 2 N–H and O–H groups in total. The van der Waals surface area contributed by atoms with Crippen molar-refractivity contribution in [2.45, 2.75) is 24.0 Å². The molecule has 15 heavy (non-hydrogen) atoms. The van der Waals surface area contributed by atoms with Gasteiger partial charge in [0.25, 0.3) is 10.0 Å². The molecule has 1 fully saturated rings. The van der Waals surface area contributed by atoms with Crippen LogP contribution in [0.2, 0.25) is 0 Å². The number of nitrogens with two attached hydrogens (primary N) is 1. The van der Waals surface area contributed by atoms with Crippen LogP contribution in [0, 0.1) is 5.82 Å². The van der Waals surface area contributed by atoms with Crippen molar-refractivity contribution in [2.75, 3.05) is 0 Å². The number of aromatic nitrogens is 1. The second-order valence-electron chi connectivity index (χ2n) is 3.32. The van der Waals surface area contributed by atoms with Crippen molar-refractivity contribution in [3.05, 3.63) is 18.1 Å². The van der Waals surface area contributed by atoms with Crippen molar-refractivity contribution in [2.24, 2.45) is 5.14 Å². The summed E-state index contributed by atoms with van der Waals surface area (Å²) < 4.78 is 40.1. The fraction of sp³-hybridized carbons (Fsp3) is 0.375. The van der Waals surface area contributed by atoms with Gasteiger partial charge in [0.1, 0.15) is 0 Å². The van der Waals surface area contributed by atoms with Crippen molar-refractivity contribution in [1.29, 1.82) is 0 Å². The third-order valence-electron chi connectivity index (χ3n) is 1.90. The van der Waals surface area contributed by atoms with E-state index >= 15 is 0 Å². The molecule has 82 valence electrons. The van der Waals surface area contributed by atoms with Gasteiger partial charge in [-0.25, -0.2) is 22.9 Å². The van der Waals surface area contributed by atoms with Crippen LogP contribution < -0.4 is 9.88 Å². The van der Waals surface area contributed by atoms with E-state index in [9.17, 15) is 12.8 Å². The van der Waals surface area contributed by atoms with Crippen molar-refractivity contribution in [3.63, 3.8) is 0 Å². The number of ether oxygens (including phenoxy) is 1. The standard InChI is InChI=1S/C8H9FN2O3S/c9-6-3-8(15(10,12)13)11-4-7(6)14-5-1-2-5/h3-5H,1-2H2,(H2,10,12,13). The highest BCUT2D eigenvalue weighted by atomic mass is 32.2. The lowest BCUT2D eigenvalue weighted by atomic mass is 10.4. The average Bonchev–Trinajstić information content (AvgIpc) is 2.90. The second kappa shape index (κ2) is 3.42. The number of halogens is 1. The number of rotatable bonds is 3. The van der Waals surface area contributed by atoms with Crippen LogP contribution in [0.1, 0.15) is 12.8 Å². The molecule has 0 bridgehead atoms. The molecule has 5 nitrogen and oxygen atoms in total. The van der Waals surface area contributed by atoms with Crippen LogP contribution in [0.4, 0.5) is 4.39 Å². The van der Waals surface area contributed by atoms with Crippen LogP contribution in [0.3, 0.4) is 0 Å². The van der Waals surface area contributed by atoms with Gasteiger partial charge < -0.3 is 4.74 Å². The Kier molecular flexibility index (Phi) is 2.35. The molecule has 1 aliphatic rings. The minimum absolute atomic E-state index is 0.0293. The Morgan fingerprint density at radius 1 is 1.53 bits per heavy atom. The van der Waals surface area contributed by atoms with Crippen molar-refractivity contribution in [3.8, 4) is 5.75 Å². The summed E-state index contributed by atoms with van der Waals surface area (Å²) in [5, 5.41) is 4.29. The lowest BCUT2D eigenvalue weighted by Gasteiger charge is -2.05. The van der Waals surface area contributed by atoms with Crippen LogP contribution in [-0.4, -0.2) is 19.5 Å². The summed E-state index contributed by atoms with van der Waals surface area (Å²) in [6.07, 6.45) is 2.83. The largest absolute Gasteiger partial charge is 0.486 e. The van der Waals surface area contributed by atoms with Gasteiger partial charge in [-0.05, 0) is 12.8 Å². The van der Waals surface area contributed by atoms with E-state index in [1.807, 2.05) is 0 Å². The molecule has 2 rings (SSSR count). The van der Waals surface area contributed by atoms with E-state index in [1.54, 1.807) is 0 Å². The first kappa shape index (κ1) is 10.3. The normalized spacial score (nSPS) is 16.4. The molecule has 0 aromatic carbocycles. The van der Waals surface area contributed by atoms with E-state index in [0.717, 1.165) is 25.1 Å². The zero-order valence-electron chi connectivity index (χ0n) is 7.68. The van der Waals surface area contributed by atoms with Gasteiger partial charge in [-0.1, -0.05) is 0 Å². The van der Waals surface area contributed by atoms with Gasteiger partial charge in [-0.15, -0.1) is 0 Å². The molecular formula is C8H9FN2O3S. The summed E-state index contributed by atoms with van der Waals surface area (Å²) in [5.74, 6) is -0.800. The van der Waals surface area contributed by atoms with Crippen LogP contribution in [0.15, 0.2) is 17.3 Å². The molecule has 1 heterocycles. The van der Waals surface area contributed by atoms with Crippen LogP contribution in [0.25, 0.3) is 0 Å². The minimum Gasteiger partial charge on any atom is -0.486 e. The predicted octanol–water partition coefficient (Wildman–Crippen LogP) is 0.409. The maximum Gasteiger partial charge on any atom is 0.255 e. The van der Waals surface area contributed by atoms with Crippen molar-refractivity contribution in [1.82, 2.24) is 4.98 Å². The molecule has 1 aliphatic carbocycles. The van der Waals surface area contributed by atoms with E-state index in [2.05, 4.69) is 4.98 Å². The van der Waals surface area contributed by atoms with Gasteiger partial charge in [0.05, 0.1) is 12.3 Å². The van der Waals surface area contributed by atoms with Gasteiger partial charge in [0.15, 0.2) is 16.6 Å². The molecule has 0 radical (unpaired) electrons. The van der Waals surface area contributed by atoms with Gasteiger partial charge in [0.2, 0.25) is 0 Å². The molecule has 1 saturated carbocycles. The Morgan fingerprint density at radius 2 is 2.20 bits per heavy atom. The highest BCUT2D eigenvalue weighted by Gasteiger charge is 2.25. The Morgan fingerprint density at radius 3 is 2.67 bits per heavy atom. The third-order valence-corrected chi connectivity index (χ3v) is 2.71. The predicted molar refractivity (Wildman–Crippen MR) is 49.2 cm³/mol. The number of sulfonamides is 1. The molecule has 0 aliphatic heterocycles. The van der Waals surface area contributed by atoms with Gasteiger partial charge in [0, 0.05) is 6.07 Å². The first-order valence-corrected chi connectivity index (χ1v) is 5.86. The molecule has 7 heteroatoms. The van der Waals surface area contributed by atoms with Crippen LogP contribution >= 0.6 is 0 Å². The first-order chi connectivity index (χ1) is 6.97. The Bertz CT molecular complexity index is 485. The number of hydrogen-bond donors (Lipinski definition) is 1. The summed E-state index contributed by atoms with van der Waals surface area (Å²) in [5.41, 5.74) is 0. The van der Waals surface area contributed by atoms with Crippen molar-refractivity contribution < 1.29 is 17.5 Å². The Hall–Kier alpha value is -1.21. The number of hydrogen-bond acceptors (Lipinski definition) is 4. The van der Waals surface area contributed by atoms with E-state index in [4.69, 9.17) is 9.88 Å². The van der Waals surface area contributed by atoms with Crippen LogP contribution in [-0.2, 0) is 10.0 Å².